The van der Waals surface area contributed by atoms with Crippen LogP contribution in [0.4, 0.5) is 5.69 Å². The number of H-pyrrole nitrogens is 1. The number of carbonyl (C=O) groups excluding carboxylic acids is 1. The zero-order valence-corrected chi connectivity index (χ0v) is 16.7. The Balaban J connectivity index is 1.42. The van der Waals surface area contributed by atoms with Crippen LogP contribution in [0.5, 0.6) is 0 Å². The molecule has 0 aromatic carbocycles. The molecule has 9 heteroatoms. The molecule has 9 nitrogen and oxygen atoms in total. The van der Waals surface area contributed by atoms with Crippen molar-refractivity contribution in [1.82, 2.24) is 25.0 Å². The Morgan fingerprint density at radius 1 is 1.19 bits per heavy atom. The Labute approximate surface area is 178 Å². The highest BCUT2D eigenvalue weighted by Gasteiger charge is 2.24. The van der Waals surface area contributed by atoms with Crippen molar-refractivity contribution in [2.45, 2.75) is 37.8 Å². The van der Waals surface area contributed by atoms with Gasteiger partial charge in [0.25, 0.3) is 5.91 Å². The molecule has 0 unspecified atom stereocenters. The molecule has 1 saturated carbocycles. The lowest BCUT2D eigenvalue weighted by Gasteiger charge is -2.25. The summed E-state index contributed by atoms with van der Waals surface area (Å²) in [7, 11) is 0. The lowest BCUT2D eigenvalue weighted by molar-refractivity contribution is 0.0997. The summed E-state index contributed by atoms with van der Waals surface area (Å²) in [5, 5.41) is 24.1. The van der Waals surface area contributed by atoms with E-state index >= 15 is 0 Å². The summed E-state index contributed by atoms with van der Waals surface area (Å²) in [4.78, 5) is 17.3. The molecule has 0 bridgehead atoms. The zero-order valence-electron chi connectivity index (χ0n) is 16.7. The number of nitrogens with one attached hydrogen (secondary N) is 2. The Hall–Kier alpha value is -3.72. The van der Waals surface area contributed by atoms with Crippen molar-refractivity contribution < 1.29 is 14.3 Å². The molecule has 0 radical (unpaired) electrons. The van der Waals surface area contributed by atoms with E-state index in [-0.39, 0.29) is 23.8 Å². The Bertz CT molecular complexity index is 1160. The first-order valence-electron chi connectivity index (χ1n) is 10.3. The number of pyridine rings is 1. The number of hydrogen-bond donors (Lipinski definition) is 3. The van der Waals surface area contributed by atoms with Crippen molar-refractivity contribution in [2.24, 2.45) is 0 Å². The molecule has 0 spiro atoms. The normalized spacial score (nSPS) is 18.7. The quantitative estimate of drug-likeness (QED) is 0.455. The van der Waals surface area contributed by atoms with Crippen LogP contribution < -0.4 is 5.32 Å². The van der Waals surface area contributed by atoms with E-state index in [0.717, 1.165) is 31.2 Å². The van der Waals surface area contributed by atoms with E-state index < -0.39 is 0 Å². The average molecular weight is 418 g/mol. The van der Waals surface area contributed by atoms with Gasteiger partial charge in [-0.2, -0.15) is 10.2 Å². The maximum atomic E-state index is 12.9. The third kappa shape index (κ3) is 3.99. The Kier molecular flexibility index (Phi) is 5.09. The summed E-state index contributed by atoms with van der Waals surface area (Å²) >= 11 is 0. The monoisotopic (exact) mass is 418 g/mol. The van der Waals surface area contributed by atoms with E-state index in [1.54, 1.807) is 30.7 Å². The second-order valence-electron chi connectivity index (χ2n) is 7.65. The average Bonchev–Trinajstić information content (AvgIpc) is 3.55. The molecule has 4 aromatic rings. The van der Waals surface area contributed by atoms with Gasteiger partial charge in [0.05, 0.1) is 35.3 Å². The molecule has 1 fully saturated rings. The summed E-state index contributed by atoms with van der Waals surface area (Å²) < 4.78 is 7.58. The van der Waals surface area contributed by atoms with Gasteiger partial charge in [-0.05, 0) is 49.9 Å². The fourth-order valence-electron chi connectivity index (χ4n) is 3.87. The fourth-order valence-corrected chi connectivity index (χ4v) is 3.87. The highest BCUT2D eigenvalue weighted by Crippen LogP contribution is 2.33. The summed E-state index contributed by atoms with van der Waals surface area (Å²) in [6.07, 6.45) is 9.78. The number of hydrogen-bond acceptors (Lipinski definition) is 6. The molecule has 5 rings (SSSR count). The molecule has 0 atom stereocenters. The van der Waals surface area contributed by atoms with Crippen molar-refractivity contribution in [3.8, 4) is 22.7 Å². The molecule has 4 aromatic heterocycles. The number of anilines is 1. The predicted molar refractivity (Wildman–Crippen MR) is 113 cm³/mol. The van der Waals surface area contributed by atoms with Crippen LogP contribution in [-0.4, -0.2) is 42.1 Å². The fraction of sp³-hybridized carbons (Fsp3) is 0.273. The molecule has 0 saturated heterocycles. The lowest BCUT2D eigenvalue weighted by Crippen LogP contribution is -2.21. The number of furan rings is 1. The first kappa shape index (κ1) is 19.3. The van der Waals surface area contributed by atoms with Crippen LogP contribution in [0.3, 0.4) is 0 Å². The molecule has 0 aliphatic heterocycles. The van der Waals surface area contributed by atoms with Crippen molar-refractivity contribution in [2.75, 3.05) is 5.32 Å². The second kappa shape index (κ2) is 8.19. The maximum absolute atomic E-state index is 12.9. The number of aliphatic hydroxyl groups excluding tert-OH is 1. The summed E-state index contributed by atoms with van der Waals surface area (Å²) in [5.74, 6) is 0.377. The third-order valence-corrected chi connectivity index (χ3v) is 5.54. The topological polar surface area (TPSA) is 122 Å². The minimum Gasteiger partial charge on any atom is -0.451 e. The van der Waals surface area contributed by atoms with E-state index in [2.05, 4.69) is 20.5 Å². The van der Waals surface area contributed by atoms with Gasteiger partial charge in [0, 0.05) is 18.6 Å². The van der Waals surface area contributed by atoms with Crippen LogP contribution in [0.1, 0.15) is 42.3 Å². The molecular weight excluding hydrogens is 396 g/mol. The van der Waals surface area contributed by atoms with Crippen LogP contribution >= 0.6 is 0 Å². The minimum atomic E-state index is -0.370. The SMILES string of the molecule is O=C(Nc1cn(C2CCC(O)CC2)nc1-c1ccccn1)c1ccc(-c2cn[nH]c2)o1. The summed E-state index contributed by atoms with van der Waals surface area (Å²) in [5.41, 5.74) is 2.60. The maximum Gasteiger partial charge on any atom is 0.291 e. The number of aliphatic hydroxyl groups is 1. The zero-order chi connectivity index (χ0) is 21.2. The van der Waals surface area contributed by atoms with Gasteiger partial charge in [-0.3, -0.25) is 19.6 Å². The lowest BCUT2D eigenvalue weighted by atomic mass is 9.93. The smallest absolute Gasteiger partial charge is 0.291 e. The van der Waals surface area contributed by atoms with Crippen LogP contribution in [0.25, 0.3) is 22.7 Å². The highest BCUT2D eigenvalue weighted by molar-refractivity contribution is 6.04. The molecular formula is C22H22N6O3. The van der Waals surface area contributed by atoms with Gasteiger partial charge < -0.3 is 14.8 Å². The van der Waals surface area contributed by atoms with Crippen molar-refractivity contribution in [1.29, 1.82) is 0 Å². The number of aromatic amines is 1. The Morgan fingerprint density at radius 3 is 2.81 bits per heavy atom. The minimum absolute atomic E-state index is 0.174. The number of aromatic nitrogens is 5. The van der Waals surface area contributed by atoms with Gasteiger partial charge in [-0.1, -0.05) is 6.07 Å². The molecule has 1 aliphatic carbocycles. The van der Waals surface area contributed by atoms with Crippen molar-refractivity contribution in [3.05, 3.63) is 60.9 Å². The van der Waals surface area contributed by atoms with Gasteiger partial charge in [0.15, 0.2) is 5.76 Å². The molecule has 1 aliphatic rings. The Morgan fingerprint density at radius 2 is 2.06 bits per heavy atom. The van der Waals surface area contributed by atoms with E-state index in [1.165, 1.54) is 0 Å². The molecule has 158 valence electrons. The van der Waals surface area contributed by atoms with Gasteiger partial charge in [-0.15, -0.1) is 0 Å². The van der Waals surface area contributed by atoms with Crippen LogP contribution in [0.15, 0.2) is 59.5 Å². The van der Waals surface area contributed by atoms with Gasteiger partial charge in [-0.25, -0.2) is 0 Å². The van der Waals surface area contributed by atoms with Gasteiger partial charge in [0.2, 0.25) is 0 Å². The van der Waals surface area contributed by atoms with E-state index in [9.17, 15) is 9.90 Å². The van der Waals surface area contributed by atoms with Crippen LogP contribution in [0, 0.1) is 0 Å². The number of nitrogens with zero attached hydrogens (tertiary/aromatic N) is 4. The van der Waals surface area contributed by atoms with Gasteiger partial charge >= 0.3 is 0 Å². The highest BCUT2D eigenvalue weighted by atomic mass is 16.4. The number of rotatable bonds is 5. The van der Waals surface area contributed by atoms with Crippen LogP contribution in [-0.2, 0) is 0 Å². The third-order valence-electron chi connectivity index (χ3n) is 5.54. The van der Waals surface area contributed by atoms with Gasteiger partial charge in [0.1, 0.15) is 11.5 Å². The molecule has 4 heterocycles. The van der Waals surface area contributed by atoms with Crippen molar-refractivity contribution >= 4 is 11.6 Å². The number of amides is 1. The summed E-state index contributed by atoms with van der Waals surface area (Å²) in [6.45, 7) is 0. The predicted octanol–water partition coefficient (Wildman–Crippen LogP) is 3.66. The summed E-state index contributed by atoms with van der Waals surface area (Å²) in [6, 6.07) is 9.11. The first-order valence-corrected chi connectivity index (χ1v) is 10.3. The largest absolute Gasteiger partial charge is 0.451 e. The van der Waals surface area contributed by atoms with E-state index in [0.29, 0.717) is 22.8 Å². The van der Waals surface area contributed by atoms with Crippen molar-refractivity contribution in [3.63, 3.8) is 0 Å². The first-order chi connectivity index (χ1) is 15.2. The van der Waals surface area contributed by atoms with Crippen LogP contribution in [0.2, 0.25) is 0 Å². The van der Waals surface area contributed by atoms with E-state index in [4.69, 9.17) is 9.52 Å². The standard InChI is InChI=1S/C22H22N6O3/c29-16-6-4-15(5-7-16)28-13-18(21(27-28)17-3-1-2-10-23-17)26-22(30)20-9-8-19(31-20)14-11-24-25-12-14/h1-3,8-13,15-16,29H,4-7H2,(H,24,25)(H,26,30). The molecule has 3 N–H and O–H groups in total. The number of carbonyl (C=O) groups is 1. The second-order valence-corrected chi connectivity index (χ2v) is 7.65. The van der Waals surface area contributed by atoms with E-state index in [1.807, 2.05) is 29.1 Å². The molecule has 31 heavy (non-hydrogen) atoms. The molecule has 1 amide bonds.